The molecule has 37 heavy (non-hydrogen) atoms. The number of piperazine rings is 1. The van der Waals surface area contributed by atoms with Crippen molar-refractivity contribution in [1.82, 2.24) is 4.90 Å². The van der Waals surface area contributed by atoms with E-state index in [9.17, 15) is 0 Å². The van der Waals surface area contributed by atoms with Gasteiger partial charge in [-0.1, -0.05) is 87.5 Å². The third-order valence-corrected chi connectivity index (χ3v) is 12.1. The standard InChI is InChI=1S/C31H41N3O2Si/c1-31(2,3)37(27-13-7-5-8-14-27,28-15-9-6-10-16-28)36-24-12-11-23-35-30-25-26(32)17-18-29(30)34-21-19-33(4)20-22-34/h5-18,25H,19-24,32H2,1-4H3/b12-11-. The molecule has 2 N–H and O–H groups in total. The smallest absolute Gasteiger partial charge is 0.261 e. The number of hydrogen-bond acceptors (Lipinski definition) is 5. The van der Waals surface area contributed by atoms with Crippen molar-refractivity contribution in [2.24, 2.45) is 0 Å². The molecule has 1 saturated heterocycles. The second-order valence-corrected chi connectivity index (χ2v) is 15.1. The first kappa shape index (κ1) is 27.0. The van der Waals surface area contributed by atoms with Crippen LogP contribution >= 0.6 is 0 Å². The van der Waals surface area contributed by atoms with Gasteiger partial charge in [-0.25, -0.2) is 0 Å². The molecule has 6 heteroatoms. The number of hydrogen-bond donors (Lipinski definition) is 1. The maximum absolute atomic E-state index is 6.93. The summed E-state index contributed by atoms with van der Waals surface area (Å²) in [5.41, 5.74) is 7.92. The maximum Gasteiger partial charge on any atom is 0.261 e. The number of rotatable bonds is 9. The van der Waals surface area contributed by atoms with Gasteiger partial charge in [-0.2, -0.15) is 0 Å². The Morgan fingerprint density at radius 1 is 0.811 bits per heavy atom. The van der Waals surface area contributed by atoms with E-state index in [-0.39, 0.29) is 5.04 Å². The Morgan fingerprint density at radius 3 is 1.95 bits per heavy atom. The number of likely N-dealkylation sites (N-methyl/N-ethyl adjacent to an activating group) is 1. The summed E-state index contributed by atoms with van der Waals surface area (Å²) >= 11 is 0. The summed E-state index contributed by atoms with van der Waals surface area (Å²) in [5, 5.41) is 2.53. The van der Waals surface area contributed by atoms with Crippen LogP contribution in [0.1, 0.15) is 20.8 Å². The van der Waals surface area contributed by atoms with Gasteiger partial charge in [0.1, 0.15) is 12.4 Å². The molecule has 0 bridgehead atoms. The van der Waals surface area contributed by atoms with Crippen molar-refractivity contribution in [3.8, 4) is 5.75 Å². The summed E-state index contributed by atoms with van der Waals surface area (Å²) in [6, 6.07) is 27.4. The van der Waals surface area contributed by atoms with Gasteiger partial charge in [-0.15, -0.1) is 0 Å². The lowest BCUT2D eigenvalue weighted by molar-refractivity contribution is 0.309. The Morgan fingerprint density at radius 2 is 1.38 bits per heavy atom. The zero-order valence-corrected chi connectivity index (χ0v) is 23.7. The third-order valence-electron chi connectivity index (χ3n) is 7.14. The molecule has 0 aromatic heterocycles. The molecule has 0 aliphatic carbocycles. The Hall–Kier alpha value is -3.06. The van der Waals surface area contributed by atoms with Gasteiger partial charge < -0.3 is 24.7 Å². The van der Waals surface area contributed by atoms with Crippen molar-refractivity contribution in [2.75, 3.05) is 57.1 Å². The molecule has 1 fully saturated rings. The summed E-state index contributed by atoms with van der Waals surface area (Å²) in [6.45, 7) is 11.9. The Labute approximate surface area is 223 Å². The van der Waals surface area contributed by atoms with Gasteiger partial charge in [0, 0.05) is 37.9 Å². The van der Waals surface area contributed by atoms with Gasteiger partial charge in [-0.3, -0.25) is 0 Å². The van der Waals surface area contributed by atoms with E-state index in [1.54, 1.807) is 0 Å². The van der Waals surface area contributed by atoms with Crippen LogP contribution in [0.2, 0.25) is 5.04 Å². The van der Waals surface area contributed by atoms with Gasteiger partial charge in [0.05, 0.1) is 12.3 Å². The number of nitrogens with two attached hydrogens (primary N) is 1. The van der Waals surface area contributed by atoms with Crippen molar-refractivity contribution in [3.05, 3.63) is 91.0 Å². The van der Waals surface area contributed by atoms with E-state index in [0.29, 0.717) is 18.9 Å². The fourth-order valence-electron chi connectivity index (χ4n) is 5.16. The van der Waals surface area contributed by atoms with Crippen molar-refractivity contribution in [1.29, 1.82) is 0 Å². The van der Waals surface area contributed by atoms with Gasteiger partial charge in [0.15, 0.2) is 0 Å². The van der Waals surface area contributed by atoms with Gasteiger partial charge in [0.25, 0.3) is 8.32 Å². The van der Waals surface area contributed by atoms with E-state index in [0.717, 1.165) is 37.6 Å². The minimum Gasteiger partial charge on any atom is -0.487 e. The second kappa shape index (κ2) is 12.0. The van der Waals surface area contributed by atoms with Crippen LogP contribution in [0.15, 0.2) is 91.0 Å². The summed E-state index contributed by atoms with van der Waals surface area (Å²) in [6.07, 6.45) is 4.13. The lowest BCUT2D eigenvalue weighted by atomic mass is 10.2. The average molecular weight is 516 g/mol. The molecule has 3 aromatic carbocycles. The predicted molar refractivity (Wildman–Crippen MR) is 159 cm³/mol. The molecule has 4 rings (SSSR count). The van der Waals surface area contributed by atoms with Crippen molar-refractivity contribution in [3.63, 3.8) is 0 Å². The zero-order valence-electron chi connectivity index (χ0n) is 22.7. The highest BCUT2D eigenvalue weighted by Crippen LogP contribution is 2.36. The molecule has 5 nitrogen and oxygen atoms in total. The van der Waals surface area contributed by atoms with Crippen molar-refractivity contribution in [2.45, 2.75) is 25.8 Å². The monoisotopic (exact) mass is 515 g/mol. The largest absolute Gasteiger partial charge is 0.487 e. The third kappa shape index (κ3) is 6.26. The highest BCUT2D eigenvalue weighted by Gasteiger charge is 2.49. The molecule has 1 heterocycles. The molecule has 0 saturated carbocycles. The van der Waals surface area contributed by atoms with Crippen LogP contribution in [0.5, 0.6) is 5.75 Å². The van der Waals surface area contributed by atoms with E-state index in [1.807, 2.05) is 12.1 Å². The summed E-state index contributed by atoms with van der Waals surface area (Å²) in [7, 11) is -0.373. The minimum atomic E-state index is -2.54. The highest BCUT2D eigenvalue weighted by atomic mass is 28.4. The quantitative estimate of drug-likeness (QED) is 0.258. The summed E-state index contributed by atoms with van der Waals surface area (Å²) in [4.78, 5) is 4.73. The normalized spacial score (nSPS) is 15.3. The van der Waals surface area contributed by atoms with Gasteiger partial charge in [0.2, 0.25) is 0 Å². The molecule has 1 aliphatic rings. The number of nitrogen functional groups attached to an aromatic ring is 1. The van der Waals surface area contributed by atoms with E-state index < -0.39 is 8.32 Å². The fourth-order valence-corrected chi connectivity index (χ4v) is 9.67. The molecule has 0 unspecified atom stereocenters. The molecule has 1 aliphatic heterocycles. The number of nitrogens with zero attached hydrogens (tertiary/aromatic N) is 2. The summed E-state index contributed by atoms with van der Waals surface area (Å²) in [5.74, 6) is 0.835. The van der Waals surface area contributed by atoms with E-state index in [1.165, 1.54) is 10.4 Å². The molecule has 196 valence electrons. The first-order valence-corrected chi connectivity index (χ1v) is 15.1. The number of benzene rings is 3. The van der Waals surface area contributed by atoms with E-state index in [4.69, 9.17) is 14.9 Å². The SMILES string of the molecule is CN1CCN(c2ccc(N)cc2OC/C=C\CO[Si](c2ccccc2)(c2ccccc2)C(C)(C)C)CC1. The Bertz CT molecular complexity index is 1110. The molecule has 0 spiro atoms. The maximum atomic E-state index is 6.93. The summed E-state index contributed by atoms with van der Waals surface area (Å²) < 4.78 is 13.1. The lowest BCUT2D eigenvalue weighted by Crippen LogP contribution is -2.66. The first-order valence-electron chi connectivity index (χ1n) is 13.2. The highest BCUT2D eigenvalue weighted by molar-refractivity contribution is 6.99. The van der Waals surface area contributed by atoms with Crippen LogP contribution in [-0.2, 0) is 4.43 Å². The van der Waals surface area contributed by atoms with Gasteiger partial charge >= 0.3 is 0 Å². The molecular weight excluding hydrogens is 474 g/mol. The van der Waals surface area contributed by atoms with Gasteiger partial charge in [-0.05, 0) is 40.7 Å². The van der Waals surface area contributed by atoms with Crippen LogP contribution < -0.4 is 25.7 Å². The fraction of sp³-hybridized carbons (Fsp3) is 0.355. The Kier molecular flexibility index (Phi) is 8.74. The van der Waals surface area contributed by atoms with Crippen LogP contribution in [0, 0.1) is 0 Å². The topological polar surface area (TPSA) is 51.0 Å². The second-order valence-electron chi connectivity index (χ2n) is 10.8. The first-order chi connectivity index (χ1) is 17.8. The molecule has 0 amide bonds. The molecule has 3 aromatic rings. The van der Waals surface area contributed by atoms with Crippen LogP contribution in [-0.4, -0.2) is 59.7 Å². The zero-order chi connectivity index (χ0) is 26.3. The lowest BCUT2D eigenvalue weighted by Gasteiger charge is -2.42. The Balaban J connectivity index is 1.47. The van der Waals surface area contributed by atoms with Crippen LogP contribution in [0.3, 0.4) is 0 Å². The van der Waals surface area contributed by atoms with E-state index >= 15 is 0 Å². The number of anilines is 2. The minimum absolute atomic E-state index is 0.0426. The predicted octanol–water partition coefficient (Wildman–Crippen LogP) is 4.53. The number of ether oxygens (including phenoxy) is 1. The van der Waals surface area contributed by atoms with Crippen molar-refractivity contribution < 1.29 is 9.16 Å². The molecular formula is C31H41N3O2Si. The van der Waals surface area contributed by atoms with Crippen LogP contribution in [0.4, 0.5) is 11.4 Å². The van der Waals surface area contributed by atoms with E-state index in [2.05, 4.69) is 117 Å². The molecule has 0 radical (unpaired) electrons. The van der Waals surface area contributed by atoms with Crippen LogP contribution in [0.25, 0.3) is 0 Å². The molecule has 0 atom stereocenters. The van der Waals surface area contributed by atoms with Crippen molar-refractivity contribution >= 4 is 30.1 Å². The average Bonchev–Trinajstić information content (AvgIpc) is 2.89.